The zero-order chi connectivity index (χ0) is 23.5. The van der Waals surface area contributed by atoms with Crippen molar-refractivity contribution in [2.75, 3.05) is 12.4 Å². The third-order valence-corrected chi connectivity index (χ3v) is 6.05. The first-order valence-corrected chi connectivity index (χ1v) is 11.4. The van der Waals surface area contributed by atoms with Crippen molar-refractivity contribution in [2.45, 2.75) is 32.0 Å². The molecule has 2 N–H and O–H groups in total. The number of thioether (sulfide) groups is 1. The molecule has 1 aliphatic rings. The molecule has 0 spiro atoms. The van der Waals surface area contributed by atoms with E-state index in [0.29, 0.717) is 33.1 Å². The Morgan fingerprint density at radius 2 is 2.03 bits per heavy atom. The average Bonchev–Trinajstić information content (AvgIpc) is 2.77. The van der Waals surface area contributed by atoms with Gasteiger partial charge in [0.05, 0.1) is 29.1 Å². The van der Waals surface area contributed by atoms with E-state index < -0.39 is 18.0 Å². The normalized spacial score (nSPS) is 15.8. The van der Waals surface area contributed by atoms with Crippen LogP contribution in [0.1, 0.15) is 19.4 Å². The van der Waals surface area contributed by atoms with Gasteiger partial charge in [0.15, 0.2) is 5.16 Å². The number of aromatic nitrogens is 3. The van der Waals surface area contributed by atoms with Crippen LogP contribution in [0, 0.1) is 6.92 Å². The quantitative estimate of drug-likeness (QED) is 0.327. The molecule has 33 heavy (non-hydrogen) atoms. The molecular formula is C23H23N5O4S. The first-order chi connectivity index (χ1) is 15.9. The number of benzene rings is 1. The first kappa shape index (κ1) is 22.5. The topological polar surface area (TPSA) is 115 Å². The van der Waals surface area contributed by atoms with E-state index in [1.165, 1.54) is 16.3 Å². The smallest absolute Gasteiger partial charge is 0.337 e. The number of aryl methyl sites for hydroxylation is 1. The van der Waals surface area contributed by atoms with Crippen LogP contribution in [0.15, 0.2) is 63.8 Å². The second-order valence-corrected chi connectivity index (χ2v) is 8.41. The molecule has 10 heteroatoms. The molecule has 0 saturated carbocycles. The van der Waals surface area contributed by atoms with Crippen molar-refractivity contribution >= 4 is 34.7 Å². The first-order valence-electron chi connectivity index (χ1n) is 10.4. The van der Waals surface area contributed by atoms with E-state index in [2.05, 4.69) is 20.6 Å². The Morgan fingerprint density at radius 3 is 2.79 bits per heavy atom. The molecule has 0 aliphatic carbocycles. The summed E-state index contributed by atoms with van der Waals surface area (Å²) < 4.78 is 6.63. The van der Waals surface area contributed by atoms with Gasteiger partial charge >= 0.3 is 12.0 Å². The summed E-state index contributed by atoms with van der Waals surface area (Å²) in [6.45, 7) is 5.57. The molecule has 2 aromatic heterocycles. The molecule has 2 amide bonds. The highest BCUT2D eigenvalue weighted by Crippen LogP contribution is 2.25. The Morgan fingerprint density at radius 1 is 1.24 bits per heavy atom. The van der Waals surface area contributed by atoms with Gasteiger partial charge in [-0.3, -0.25) is 4.79 Å². The number of carbonyl (C=O) groups excluding carboxylic acids is 2. The van der Waals surface area contributed by atoms with Crippen LogP contribution in [0.2, 0.25) is 0 Å². The summed E-state index contributed by atoms with van der Waals surface area (Å²) in [6.07, 6.45) is 1.64. The minimum Gasteiger partial charge on any atom is -0.463 e. The summed E-state index contributed by atoms with van der Waals surface area (Å²) in [6, 6.07) is 9.82. The molecule has 0 unspecified atom stereocenters. The number of carbonyl (C=O) groups is 2. The van der Waals surface area contributed by atoms with E-state index in [1.54, 1.807) is 44.3 Å². The van der Waals surface area contributed by atoms with Crippen molar-refractivity contribution < 1.29 is 14.3 Å². The molecular weight excluding hydrogens is 442 g/mol. The number of esters is 1. The minimum absolute atomic E-state index is 0.197. The van der Waals surface area contributed by atoms with Crippen LogP contribution < -0.4 is 16.2 Å². The fourth-order valence-electron chi connectivity index (χ4n) is 3.58. The number of ether oxygens (including phenoxy) is 1. The summed E-state index contributed by atoms with van der Waals surface area (Å²) in [7, 11) is 0. The minimum atomic E-state index is -0.515. The predicted octanol–water partition coefficient (Wildman–Crippen LogP) is 2.70. The predicted molar refractivity (Wildman–Crippen MR) is 125 cm³/mol. The van der Waals surface area contributed by atoms with E-state index in [1.807, 2.05) is 19.1 Å². The maximum Gasteiger partial charge on any atom is 0.337 e. The highest BCUT2D eigenvalue weighted by molar-refractivity contribution is 7.99. The van der Waals surface area contributed by atoms with Crippen LogP contribution in [0.3, 0.4) is 0 Å². The second kappa shape index (κ2) is 9.45. The molecule has 3 aromatic rings. The highest BCUT2D eigenvalue weighted by Gasteiger charge is 2.30. The Labute approximate surface area is 194 Å². The number of fused-ring (bicyclic) bond motifs is 1. The van der Waals surface area contributed by atoms with E-state index >= 15 is 0 Å². The molecule has 1 aliphatic heterocycles. The van der Waals surface area contributed by atoms with Gasteiger partial charge in [0.25, 0.3) is 5.56 Å². The third-order valence-electron chi connectivity index (χ3n) is 5.09. The highest BCUT2D eigenvalue weighted by atomic mass is 32.2. The van der Waals surface area contributed by atoms with E-state index in [0.717, 1.165) is 5.56 Å². The van der Waals surface area contributed by atoms with Crippen LogP contribution in [-0.2, 0) is 9.53 Å². The van der Waals surface area contributed by atoms with Crippen LogP contribution in [0.4, 0.5) is 4.79 Å². The Balaban J connectivity index is 1.80. The number of hydrogen-bond donors (Lipinski definition) is 2. The number of nitrogens with zero attached hydrogens (tertiary/aromatic N) is 3. The molecule has 4 rings (SSSR count). The third kappa shape index (κ3) is 4.61. The molecule has 0 saturated heterocycles. The Bertz CT molecular complexity index is 1330. The van der Waals surface area contributed by atoms with Gasteiger partial charge in [-0.25, -0.2) is 24.1 Å². The molecule has 3 heterocycles. The van der Waals surface area contributed by atoms with E-state index in [4.69, 9.17) is 4.74 Å². The maximum atomic E-state index is 13.4. The number of nitrogens with one attached hydrogen (secondary N) is 2. The molecule has 0 radical (unpaired) electrons. The number of para-hydroxylation sites is 1. The summed E-state index contributed by atoms with van der Waals surface area (Å²) in [5, 5.41) is 6.25. The van der Waals surface area contributed by atoms with Gasteiger partial charge in [-0.05, 0) is 50.6 Å². The van der Waals surface area contributed by atoms with Crippen LogP contribution in [0.25, 0.3) is 16.7 Å². The average molecular weight is 466 g/mol. The SMILES string of the molecule is CCOC(=O)C1=C(CSc2nc3ccccc3c(=O)n2-c2cc(C)ccn2)NC(=O)N[C@H]1C. The van der Waals surface area contributed by atoms with E-state index in [-0.39, 0.29) is 17.9 Å². The van der Waals surface area contributed by atoms with Crippen molar-refractivity contribution in [1.29, 1.82) is 0 Å². The fraction of sp³-hybridized carbons (Fsp3) is 0.261. The molecule has 170 valence electrons. The largest absolute Gasteiger partial charge is 0.463 e. The number of rotatable bonds is 6. The van der Waals surface area contributed by atoms with Crippen molar-refractivity contribution in [3.8, 4) is 5.82 Å². The van der Waals surface area contributed by atoms with Gasteiger partial charge in [0, 0.05) is 17.6 Å². The summed E-state index contributed by atoms with van der Waals surface area (Å²) in [4.78, 5) is 47.0. The lowest BCUT2D eigenvalue weighted by Gasteiger charge is -2.26. The molecule has 1 atom stereocenters. The van der Waals surface area contributed by atoms with Crippen LogP contribution in [0.5, 0.6) is 0 Å². The van der Waals surface area contributed by atoms with Gasteiger partial charge in [0.1, 0.15) is 5.82 Å². The van der Waals surface area contributed by atoms with Crippen LogP contribution >= 0.6 is 11.8 Å². The second-order valence-electron chi connectivity index (χ2n) is 7.47. The lowest BCUT2D eigenvalue weighted by Crippen LogP contribution is -2.49. The van der Waals surface area contributed by atoms with Gasteiger partial charge in [-0.15, -0.1) is 0 Å². The van der Waals surface area contributed by atoms with Crippen molar-refractivity contribution in [3.63, 3.8) is 0 Å². The molecule has 0 bridgehead atoms. The Hall–Kier alpha value is -3.66. The monoisotopic (exact) mass is 465 g/mol. The summed E-state index contributed by atoms with van der Waals surface area (Å²) >= 11 is 1.23. The van der Waals surface area contributed by atoms with Gasteiger partial charge in [0.2, 0.25) is 0 Å². The zero-order valence-corrected chi connectivity index (χ0v) is 19.2. The molecule has 9 nitrogen and oxygen atoms in total. The van der Waals surface area contributed by atoms with E-state index in [9.17, 15) is 14.4 Å². The number of pyridine rings is 1. The summed E-state index contributed by atoms with van der Waals surface area (Å²) in [5.74, 6) is 0.142. The zero-order valence-electron chi connectivity index (χ0n) is 18.4. The number of hydrogen-bond acceptors (Lipinski definition) is 7. The van der Waals surface area contributed by atoms with Crippen molar-refractivity contribution in [1.82, 2.24) is 25.2 Å². The lowest BCUT2D eigenvalue weighted by atomic mass is 10.1. The van der Waals surface area contributed by atoms with Gasteiger partial charge in [-0.1, -0.05) is 23.9 Å². The standard InChI is InChI=1S/C23H23N5O4S/c1-4-32-21(30)19-14(3)25-22(31)26-17(19)12-33-23-27-16-8-6-5-7-15(16)20(29)28(23)18-11-13(2)9-10-24-18/h5-11,14H,4,12H2,1-3H3,(H2,25,26,31)/t14-/m0/s1. The molecule has 1 aromatic carbocycles. The van der Waals surface area contributed by atoms with Gasteiger partial charge < -0.3 is 15.4 Å². The fourth-order valence-corrected chi connectivity index (χ4v) is 4.55. The Kier molecular flexibility index (Phi) is 6.45. The lowest BCUT2D eigenvalue weighted by molar-refractivity contribution is -0.138. The van der Waals surface area contributed by atoms with Gasteiger partial charge in [-0.2, -0.15) is 0 Å². The number of urea groups is 1. The van der Waals surface area contributed by atoms with Crippen LogP contribution in [-0.4, -0.2) is 44.9 Å². The summed E-state index contributed by atoms with van der Waals surface area (Å²) in [5.41, 5.74) is 2.01. The maximum absolute atomic E-state index is 13.4. The molecule has 0 fully saturated rings. The number of amides is 2. The van der Waals surface area contributed by atoms with Crippen molar-refractivity contribution in [2.24, 2.45) is 0 Å². The van der Waals surface area contributed by atoms with Crippen molar-refractivity contribution in [3.05, 3.63) is 69.8 Å².